The first-order valence-corrected chi connectivity index (χ1v) is 9.59. The van der Waals surface area contributed by atoms with Gasteiger partial charge in [-0.15, -0.1) is 0 Å². The first kappa shape index (κ1) is 20.1. The molecule has 1 saturated heterocycles. The Bertz CT molecular complexity index is 823. The number of likely N-dealkylation sites (N-methyl/N-ethyl adjacent to an activating group) is 1. The fourth-order valence-corrected chi connectivity index (χ4v) is 3.55. The molecule has 0 bridgehead atoms. The van der Waals surface area contributed by atoms with Crippen molar-refractivity contribution in [1.29, 1.82) is 0 Å². The highest BCUT2D eigenvalue weighted by Crippen LogP contribution is 2.24. The molecular formula is C20H22Cl2FN3O. The first-order valence-electron chi connectivity index (χ1n) is 8.84. The molecule has 27 heavy (non-hydrogen) atoms. The molecule has 1 aliphatic rings. The van der Waals surface area contributed by atoms with Gasteiger partial charge in [0.25, 0.3) is 5.91 Å². The number of hydrogen-bond acceptors (Lipinski definition) is 3. The molecule has 0 unspecified atom stereocenters. The Kier molecular flexibility index (Phi) is 6.71. The van der Waals surface area contributed by atoms with Crippen molar-refractivity contribution in [3.63, 3.8) is 0 Å². The van der Waals surface area contributed by atoms with Crippen LogP contribution in [0.15, 0.2) is 36.4 Å². The van der Waals surface area contributed by atoms with E-state index in [-0.39, 0.29) is 15.6 Å². The summed E-state index contributed by atoms with van der Waals surface area (Å²) in [6, 6.07) is 10.4. The Morgan fingerprint density at radius 2 is 1.78 bits per heavy atom. The number of nitrogens with zero attached hydrogens (tertiary/aromatic N) is 2. The fourth-order valence-electron chi connectivity index (χ4n) is 3.08. The van der Waals surface area contributed by atoms with Gasteiger partial charge < -0.3 is 10.2 Å². The van der Waals surface area contributed by atoms with E-state index in [4.69, 9.17) is 23.2 Å². The highest BCUT2D eigenvalue weighted by atomic mass is 35.5. The third-order valence-corrected chi connectivity index (χ3v) is 5.30. The zero-order chi connectivity index (χ0) is 19.4. The van der Waals surface area contributed by atoms with Crippen LogP contribution in [0, 0.1) is 5.82 Å². The third kappa shape index (κ3) is 5.42. The van der Waals surface area contributed by atoms with Crippen LogP contribution in [0.2, 0.25) is 10.0 Å². The van der Waals surface area contributed by atoms with Crippen molar-refractivity contribution in [1.82, 2.24) is 15.1 Å². The van der Waals surface area contributed by atoms with Gasteiger partial charge in [0.1, 0.15) is 5.82 Å². The Labute approximate surface area is 168 Å². The summed E-state index contributed by atoms with van der Waals surface area (Å²) >= 11 is 11.7. The summed E-state index contributed by atoms with van der Waals surface area (Å²) in [7, 11) is 2.14. The third-order valence-electron chi connectivity index (χ3n) is 4.70. The van der Waals surface area contributed by atoms with Crippen molar-refractivity contribution in [3.05, 3.63) is 69.0 Å². The lowest BCUT2D eigenvalue weighted by molar-refractivity contribution is 0.0950. The number of piperazine rings is 1. The highest BCUT2D eigenvalue weighted by Gasteiger charge is 2.15. The number of rotatable bonds is 5. The number of carbonyl (C=O) groups excluding carboxylic acids is 1. The standard InChI is InChI=1S/C20H22Cl2FN3O/c1-25-5-7-26(8-6-25)13-15-4-2-3-14(9-15)12-24-20(27)16-10-19(23)18(22)11-17(16)21/h2-4,9-11H,5-8,12-13H2,1H3,(H,24,27). The summed E-state index contributed by atoms with van der Waals surface area (Å²) in [5, 5.41) is 2.81. The van der Waals surface area contributed by atoms with Gasteiger partial charge in [0, 0.05) is 39.3 Å². The molecule has 3 rings (SSSR count). The lowest BCUT2D eigenvalue weighted by Crippen LogP contribution is -2.43. The maximum atomic E-state index is 13.6. The van der Waals surface area contributed by atoms with Crippen LogP contribution in [-0.2, 0) is 13.1 Å². The van der Waals surface area contributed by atoms with Crippen LogP contribution < -0.4 is 5.32 Å². The largest absolute Gasteiger partial charge is 0.348 e. The van der Waals surface area contributed by atoms with E-state index >= 15 is 0 Å². The molecule has 144 valence electrons. The van der Waals surface area contributed by atoms with Crippen molar-refractivity contribution in [2.24, 2.45) is 0 Å². The Balaban J connectivity index is 1.60. The molecule has 0 aliphatic carbocycles. The van der Waals surface area contributed by atoms with Crippen molar-refractivity contribution in [2.45, 2.75) is 13.1 Å². The fraction of sp³-hybridized carbons (Fsp3) is 0.350. The normalized spacial score (nSPS) is 15.7. The van der Waals surface area contributed by atoms with E-state index in [1.807, 2.05) is 12.1 Å². The average molecular weight is 410 g/mol. The Morgan fingerprint density at radius 3 is 2.52 bits per heavy atom. The van der Waals surface area contributed by atoms with Crippen LogP contribution in [0.1, 0.15) is 21.5 Å². The number of benzene rings is 2. The van der Waals surface area contributed by atoms with E-state index in [9.17, 15) is 9.18 Å². The summed E-state index contributed by atoms with van der Waals surface area (Å²) in [5.41, 5.74) is 2.27. The molecule has 1 fully saturated rings. The number of amides is 1. The molecule has 2 aromatic rings. The van der Waals surface area contributed by atoms with Crippen LogP contribution in [0.25, 0.3) is 0 Å². The monoisotopic (exact) mass is 409 g/mol. The van der Waals surface area contributed by atoms with E-state index in [0.717, 1.165) is 44.4 Å². The maximum absolute atomic E-state index is 13.6. The zero-order valence-corrected chi connectivity index (χ0v) is 16.7. The second-order valence-corrected chi connectivity index (χ2v) is 7.64. The zero-order valence-electron chi connectivity index (χ0n) is 15.1. The van der Waals surface area contributed by atoms with Crippen molar-refractivity contribution >= 4 is 29.1 Å². The van der Waals surface area contributed by atoms with Gasteiger partial charge in [-0.2, -0.15) is 0 Å². The summed E-state index contributed by atoms with van der Waals surface area (Å²) < 4.78 is 13.6. The summed E-state index contributed by atoms with van der Waals surface area (Å²) in [4.78, 5) is 17.1. The minimum absolute atomic E-state index is 0.0761. The first-order chi connectivity index (χ1) is 12.9. The van der Waals surface area contributed by atoms with Gasteiger partial charge in [-0.1, -0.05) is 47.5 Å². The molecule has 4 nitrogen and oxygen atoms in total. The van der Waals surface area contributed by atoms with Gasteiger partial charge in [0.15, 0.2) is 0 Å². The van der Waals surface area contributed by atoms with Gasteiger partial charge in [-0.05, 0) is 30.3 Å². The molecule has 0 atom stereocenters. The van der Waals surface area contributed by atoms with E-state index in [1.165, 1.54) is 11.6 Å². The second kappa shape index (κ2) is 9.02. The van der Waals surface area contributed by atoms with Gasteiger partial charge in [-0.3, -0.25) is 9.69 Å². The van der Waals surface area contributed by atoms with Crippen molar-refractivity contribution in [2.75, 3.05) is 33.2 Å². The molecule has 0 aromatic heterocycles. The van der Waals surface area contributed by atoms with Crippen LogP contribution >= 0.6 is 23.2 Å². The van der Waals surface area contributed by atoms with Crippen molar-refractivity contribution in [3.8, 4) is 0 Å². The van der Waals surface area contributed by atoms with E-state index in [2.05, 4.69) is 34.3 Å². The Hall–Kier alpha value is -1.66. The average Bonchev–Trinajstić information content (AvgIpc) is 2.65. The topological polar surface area (TPSA) is 35.6 Å². The van der Waals surface area contributed by atoms with E-state index in [0.29, 0.717) is 6.54 Å². The summed E-state index contributed by atoms with van der Waals surface area (Å²) in [6.07, 6.45) is 0. The predicted octanol–water partition coefficient (Wildman–Crippen LogP) is 3.81. The minimum atomic E-state index is -0.666. The molecule has 0 saturated carbocycles. The molecule has 2 aromatic carbocycles. The minimum Gasteiger partial charge on any atom is -0.348 e. The lowest BCUT2D eigenvalue weighted by Gasteiger charge is -2.32. The highest BCUT2D eigenvalue weighted by molar-refractivity contribution is 6.36. The molecule has 1 heterocycles. The molecule has 0 radical (unpaired) electrons. The van der Waals surface area contributed by atoms with Crippen LogP contribution in [-0.4, -0.2) is 48.9 Å². The quantitative estimate of drug-likeness (QED) is 0.762. The lowest BCUT2D eigenvalue weighted by atomic mass is 10.1. The number of nitrogens with one attached hydrogen (secondary N) is 1. The summed E-state index contributed by atoms with van der Waals surface area (Å²) in [6.45, 7) is 5.50. The second-order valence-electron chi connectivity index (χ2n) is 6.83. The number of carbonyl (C=O) groups is 1. The molecule has 1 aliphatic heterocycles. The molecular weight excluding hydrogens is 388 g/mol. The number of hydrogen-bond donors (Lipinski definition) is 1. The predicted molar refractivity (Wildman–Crippen MR) is 107 cm³/mol. The van der Waals surface area contributed by atoms with Gasteiger partial charge in [0.05, 0.1) is 15.6 Å². The molecule has 7 heteroatoms. The molecule has 0 spiro atoms. The SMILES string of the molecule is CN1CCN(Cc2cccc(CNC(=O)c3cc(F)c(Cl)cc3Cl)c2)CC1. The van der Waals surface area contributed by atoms with Crippen molar-refractivity contribution < 1.29 is 9.18 Å². The summed E-state index contributed by atoms with van der Waals surface area (Å²) in [5.74, 6) is -1.10. The van der Waals surface area contributed by atoms with Crippen LogP contribution in [0.3, 0.4) is 0 Å². The number of halogens is 3. The van der Waals surface area contributed by atoms with Crippen LogP contribution in [0.4, 0.5) is 4.39 Å². The molecule has 1 amide bonds. The van der Waals surface area contributed by atoms with Gasteiger partial charge in [-0.25, -0.2) is 4.39 Å². The van der Waals surface area contributed by atoms with E-state index < -0.39 is 11.7 Å². The van der Waals surface area contributed by atoms with E-state index in [1.54, 1.807) is 0 Å². The van der Waals surface area contributed by atoms with Crippen LogP contribution in [0.5, 0.6) is 0 Å². The maximum Gasteiger partial charge on any atom is 0.253 e. The Morgan fingerprint density at radius 1 is 1.07 bits per heavy atom. The smallest absolute Gasteiger partial charge is 0.253 e. The van der Waals surface area contributed by atoms with Gasteiger partial charge >= 0.3 is 0 Å². The van der Waals surface area contributed by atoms with Gasteiger partial charge in [0.2, 0.25) is 0 Å². The molecule has 1 N–H and O–H groups in total.